The van der Waals surface area contributed by atoms with Gasteiger partial charge in [0.15, 0.2) is 0 Å². The summed E-state index contributed by atoms with van der Waals surface area (Å²) >= 11 is 3.52. The van der Waals surface area contributed by atoms with Gasteiger partial charge in [-0.2, -0.15) is 4.98 Å². The Kier molecular flexibility index (Phi) is 4.77. The van der Waals surface area contributed by atoms with E-state index in [2.05, 4.69) is 50.0 Å². The molecule has 100 valence electrons. The van der Waals surface area contributed by atoms with E-state index in [9.17, 15) is 0 Å². The van der Waals surface area contributed by atoms with Gasteiger partial charge in [-0.05, 0) is 29.3 Å². The van der Waals surface area contributed by atoms with Crippen molar-refractivity contribution in [3.63, 3.8) is 0 Å². The number of anilines is 2. The van der Waals surface area contributed by atoms with Crippen molar-refractivity contribution in [1.29, 1.82) is 0 Å². The van der Waals surface area contributed by atoms with Crippen molar-refractivity contribution >= 4 is 27.7 Å². The largest absolute Gasteiger partial charge is 0.375 e. The summed E-state index contributed by atoms with van der Waals surface area (Å²) in [5, 5.41) is 3.21. The summed E-state index contributed by atoms with van der Waals surface area (Å²) in [5.41, 5.74) is 0. The first-order valence-electron chi connectivity index (χ1n) is 6.33. The fourth-order valence-corrected chi connectivity index (χ4v) is 2.35. The number of hydrogen-bond donors (Lipinski definition) is 1. The predicted molar refractivity (Wildman–Crippen MR) is 76.1 cm³/mol. The Morgan fingerprint density at radius 3 is 3.17 bits per heavy atom. The second kappa shape index (κ2) is 6.33. The molecule has 0 bridgehead atoms. The molecule has 1 fully saturated rings. The van der Waals surface area contributed by atoms with Crippen LogP contribution in [0, 0.1) is 0 Å². The topological polar surface area (TPSA) is 50.3 Å². The lowest BCUT2D eigenvalue weighted by Gasteiger charge is -2.32. The zero-order valence-electron chi connectivity index (χ0n) is 10.8. The summed E-state index contributed by atoms with van der Waals surface area (Å²) < 4.78 is 6.48. The Hall–Kier alpha value is -0.880. The van der Waals surface area contributed by atoms with E-state index < -0.39 is 0 Å². The summed E-state index contributed by atoms with van der Waals surface area (Å²) in [7, 11) is 0. The molecule has 1 N–H and O–H groups in total. The fourth-order valence-electron chi connectivity index (χ4n) is 1.91. The van der Waals surface area contributed by atoms with E-state index >= 15 is 0 Å². The molecule has 5 nitrogen and oxygen atoms in total. The van der Waals surface area contributed by atoms with Crippen molar-refractivity contribution in [2.24, 2.45) is 0 Å². The quantitative estimate of drug-likeness (QED) is 0.924. The maximum Gasteiger partial charge on any atom is 0.224 e. The van der Waals surface area contributed by atoms with Crippen LogP contribution >= 0.6 is 15.9 Å². The average molecular weight is 315 g/mol. The van der Waals surface area contributed by atoms with Crippen molar-refractivity contribution in [3.05, 3.63) is 10.7 Å². The SMILES string of the molecule is CCCNc1ncc(Br)c(N2CCOC(C)C2)n1. The van der Waals surface area contributed by atoms with E-state index in [1.54, 1.807) is 6.20 Å². The predicted octanol–water partition coefficient (Wildman–Crippen LogP) is 2.29. The number of hydrogen-bond acceptors (Lipinski definition) is 5. The zero-order valence-corrected chi connectivity index (χ0v) is 12.4. The molecule has 0 saturated carbocycles. The van der Waals surface area contributed by atoms with Crippen LogP contribution in [0.15, 0.2) is 10.7 Å². The highest BCUT2D eigenvalue weighted by molar-refractivity contribution is 9.10. The van der Waals surface area contributed by atoms with Gasteiger partial charge in [0, 0.05) is 25.8 Å². The van der Waals surface area contributed by atoms with Gasteiger partial charge in [0.25, 0.3) is 0 Å². The number of nitrogens with one attached hydrogen (secondary N) is 1. The maximum atomic E-state index is 5.55. The zero-order chi connectivity index (χ0) is 13.0. The third-order valence-corrected chi connectivity index (χ3v) is 3.36. The highest BCUT2D eigenvalue weighted by Crippen LogP contribution is 2.25. The van der Waals surface area contributed by atoms with Crippen molar-refractivity contribution < 1.29 is 4.74 Å². The molecule has 1 aliphatic rings. The van der Waals surface area contributed by atoms with Gasteiger partial charge in [0.05, 0.1) is 17.2 Å². The summed E-state index contributed by atoms with van der Waals surface area (Å²) in [6, 6.07) is 0. The highest BCUT2D eigenvalue weighted by atomic mass is 79.9. The molecule has 1 aromatic heterocycles. The van der Waals surface area contributed by atoms with Crippen molar-refractivity contribution in [2.75, 3.05) is 36.5 Å². The minimum atomic E-state index is 0.243. The van der Waals surface area contributed by atoms with Gasteiger partial charge in [-0.3, -0.25) is 0 Å². The first-order chi connectivity index (χ1) is 8.70. The van der Waals surface area contributed by atoms with Crippen LogP contribution in [0.3, 0.4) is 0 Å². The van der Waals surface area contributed by atoms with Crippen molar-refractivity contribution in [3.8, 4) is 0 Å². The molecular weight excluding hydrogens is 296 g/mol. The molecule has 1 aromatic rings. The number of aromatic nitrogens is 2. The summed E-state index contributed by atoms with van der Waals surface area (Å²) in [6.07, 6.45) is 3.11. The Morgan fingerprint density at radius 2 is 2.44 bits per heavy atom. The minimum Gasteiger partial charge on any atom is -0.375 e. The van der Waals surface area contributed by atoms with Crippen LogP contribution in [0.5, 0.6) is 0 Å². The molecule has 1 aliphatic heterocycles. The number of nitrogens with zero attached hydrogens (tertiary/aromatic N) is 3. The average Bonchev–Trinajstić information content (AvgIpc) is 2.38. The lowest BCUT2D eigenvalue weighted by atomic mass is 10.3. The van der Waals surface area contributed by atoms with Gasteiger partial charge in [0.1, 0.15) is 5.82 Å². The second-order valence-electron chi connectivity index (χ2n) is 4.42. The molecule has 1 atom stereocenters. The molecule has 0 amide bonds. The van der Waals surface area contributed by atoms with Crippen LogP contribution in [-0.4, -0.2) is 42.3 Å². The molecule has 0 aromatic carbocycles. The van der Waals surface area contributed by atoms with E-state index in [0.717, 1.165) is 43.0 Å². The van der Waals surface area contributed by atoms with Crippen molar-refractivity contribution in [2.45, 2.75) is 26.4 Å². The molecule has 0 aliphatic carbocycles. The van der Waals surface area contributed by atoms with Crippen LogP contribution in [0.25, 0.3) is 0 Å². The standard InChI is InChI=1S/C12H19BrN4O/c1-3-4-14-12-15-7-10(13)11(16-12)17-5-6-18-9(2)8-17/h7,9H,3-6,8H2,1-2H3,(H,14,15,16). The Labute approximate surface area is 116 Å². The Balaban J connectivity index is 2.14. The van der Waals surface area contributed by atoms with E-state index in [1.807, 2.05) is 0 Å². The normalized spacial score (nSPS) is 19.9. The van der Waals surface area contributed by atoms with Crippen LogP contribution in [0.1, 0.15) is 20.3 Å². The molecule has 1 unspecified atom stereocenters. The van der Waals surface area contributed by atoms with Crippen LogP contribution in [0.2, 0.25) is 0 Å². The Bertz CT molecular complexity index is 402. The first-order valence-corrected chi connectivity index (χ1v) is 7.13. The maximum absolute atomic E-state index is 5.55. The molecule has 2 rings (SSSR count). The molecule has 18 heavy (non-hydrogen) atoms. The first kappa shape index (κ1) is 13.5. The fraction of sp³-hybridized carbons (Fsp3) is 0.667. The summed E-state index contributed by atoms with van der Waals surface area (Å²) in [5.74, 6) is 1.63. The van der Waals surface area contributed by atoms with E-state index in [0.29, 0.717) is 5.95 Å². The van der Waals surface area contributed by atoms with Gasteiger partial charge in [-0.1, -0.05) is 6.92 Å². The molecule has 2 heterocycles. The number of morpholine rings is 1. The highest BCUT2D eigenvalue weighted by Gasteiger charge is 2.20. The molecule has 0 spiro atoms. The number of rotatable bonds is 4. The number of halogens is 1. The monoisotopic (exact) mass is 314 g/mol. The molecular formula is C12H19BrN4O. The van der Waals surface area contributed by atoms with Gasteiger partial charge in [0.2, 0.25) is 5.95 Å². The summed E-state index contributed by atoms with van der Waals surface area (Å²) in [6.45, 7) is 7.57. The molecule has 1 saturated heterocycles. The summed E-state index contributed by atoms with van der Waals surface area (Å²) in [4.78, 5) is 11.1. The van der Waals surface area contributed by atoms with Crippen LogP contribution in [-0.2, 0) is 4.74 Å². The van der Waals surface area contributed by atoms with Crippen LogP contribution < -0.4 is 10.2 Å². The number of ether oxygens (including phenoxy) is 1. The van der Waals surface area contributed by atoms with Gasteiger partial charge in [-0.25, -0.2) is 4.98 Å². The lowest BCUT2D eigenvalue weighted by molar-refractivity contribution is 0.0529. The molecule has 0 radical (unpaired) electrons. The van der Waals surface area contributed by atoms with Crippen LogP contribution in [0.4, 0.5) is 11.8 Å². The third kappa shape index (κ3) is 3.32. The minimum absolute atomic E-state index is 0.243. The van der Waals surface area contributed by atoms with Crippen molar-refractivity contribution in [1.82, 2.24) is 9.97 Å². The van der Waals surface area contributed by atoms with Gasteiger partial charge in [-0.15, -0.1) is 0 Å². The van der Waals surface area contributed by atoms with E-state index in [4.69, 9.17) is 4.74 Å². The molecule has 6 heteroatoms. The van der Waals surface area contributed by atoms with Gasteiger partial charge >= 0.3 is 0 Å². The van der Waals surface area contributed by atoms with E-state index in [1.165, 1.54) is 0 Å². The Morgan fingerprint density at radius 1 is 1.61 bits per heavy atom. The second-order valence-corrected chi connectivity index (χ2v) is 5.27. The van der Waals surface area contributed by atoms with E-state index in [-0.39, 0.29) is 6.10 Å². The van der Waals surface area contributed by atoms with Gasteiger partial charge < -0.3 is 15.0 Å². The smallest absolute Gasteiger partial charge is 0.224 e. The third-order valence-electron chi connectivity index (χ3n) is 2.80. The lowest BCUT2D eigenvalue weighted by Crippen LogP contribution is -2.41.